The van der Waals surface area contributed by atoms with Crippen molar-refractivity contribution in [1.82, 2.24) is 18.7 Å². The van der Waals surface area contributed by atoms with E-state index < -0.39 is 109 Å². The molecular formula is C64H45N5OPt-2. The van der Waals surface area contributed by atoms with Crippen LogP contribution in [0.4, 0.5) is 0 Å². The summed E-state index contributed by atoms with van der Waals surface area (Å²) in [4.78, 5) is 4.87. The van der Waals surface area contributed by atoms with Gasteiger partial charge in [0.15, 0.2) is 0 Å². The van der Waals surface area contributed by atoms with Gasteiger partial charge in [-0.05, 0) is 80.3 Å². The summed E-state index contributed by atoms with van der Waals surface area (Å²) < 4.78 is 174. The third-order valence-corrected chi connectivity index (χ3v) is 12.3. The minimum atomic E-state index is -0.632. The van der Waals surface area contributed by atoms with E-state index in [0.29, 0.717) is 44.3 Å². The van der Waals surface area contributed by atoms with Gasteiger partial charge in [0, 0.05) is 55.1 Å². The van der Waals surface area contributed by atoms with E-state index in [9.17, 15) is 5.48 Å². The topological polar surface area (TPSA) is 40.8 Å². The van der Waals surface area contributed by atoms with Crippen LogP contribution in [0.1, 0.15) is 51.0 Å². The first-order chi connectivity index (χ1) is 41.8. The molecule has 0 N–H and O–H groups in total. The molecule has 71 heavy (non-hydrogen) atoms. The fourth-order valence-electron chi connectivity index (χ4n) is 9.21. The first kappa shape index (κ1) is 28.4. The van der Waals surface area contributed by atoms with Crippen LogP contribution >= 0.6 is 0 Å². The number of rotatable bonds is 8. The summed E-state index contributed by atoms with van der Waals surface area (Å²) >= 11 is 0. The minimum absolute atomic E-state index is 0. The number of benzene rings is 9. The molecule has 4 heterocycles. The monoisotopic (exact) mass is 1110 g/mol. The maximum Gasteiger partial charge on any atom is 0.268 e. The molecule has 0 fully saturated rings. The molecule has 13 aromatic rings. The first-order valence-electron chi connectivity index (χ1n) is 31.2. The Hall–Kier alpha value is -8.31. The number of hydrogen-bond acceptors (Lipinski definition) is 2. The second-order valence-electron chi connectivity index (χ2n) is 17.5. The van der Waals surface area contributed by atoms with Crippen molar-refractivity contribution in [3.8, 4) is 56.6 Å². The van der Waals surface area contributed by atoms with Gasteiger partial charge in [-0.15, -0.1) is 24.3 Å². The molecule has 0 saturated heterocycles. The zero-order valence-corrected chi connectivity index (χ0v) is 40.1. The average molecular weight is 1110 g/mol. The molecule has 0 atom stereocenters. The minimum Gasteiger partial charge on any atom is -0.510 e. The van der Waals surface area contributed by atoms with Gasteiger partial charge in [-0.3, -0.25) is 4.57 Å². The van der Waals surface area contributed by atoms with E-state index in [1.807, 2.05) is 41.0 Å². The van der Waals surface area contributed by atoms with Gasteiger partial charge in [0.25, 0.3) is 6.33 Å². The van der Waals surface area contributed by atoms with Crippen molar-refractivity contribution in [2.75, 3.05) is 0 Å². The zero-order chi connectivity index (χ0) is 62.6. The number of fused-ring (bicyclic) bond motifs is 7. The molecule has 6 nitrogen and oxygen atoms in total. The molecule has 0 aliphatic carbocycles. The van der Waals surface area contributed by atoms with E-state index in [1.165, 1.54) is 27.3 Å². The van der Waals surface area contributed by atoms with Crippen LogP contribution in [0, 0.1) is 18.5 Å². The van der Waals surface area contributed by atoms with Crippen LogP contribution in [0.3, 0.4) is 0 Å². The number of hydrogen-bond donors (Lipinski definition) is 0. The number of aromatic nitrogens is 5. The van der Waals surface area contributed by atoms with Crippen LogP contribution < -0.4 is 9.30 Å². The van der Waals surface area contributed by atoms with Gasteiger partial charge in [-0.2, -0.15) is 12.1 Å². The Morgan fingerprint density at radius 2 is 1.18 bits per heavy atom. The molecule has 7 heteroatoms. The van der Waals surface area contributed by atoms with Gasteiger partial charge >= 0.3 is 0 Å². The molecule has 0 radical (unpaired) electrons. The molecule has 9 aromatic carbocycles. The molecule has 0 amide bonds. The summed E-state index contributed by atoms with van der Waals surface area (Å²) in [7, 11) is 0. The standard InChI is InChI=1S/C64H45N5O.Pt/c1-64(2,3)45-36-37-65-61(38-45)69-56-33-15-12-28-53(56)62-59(68-54-31-13-10-26-51(54)52-27-11-14-32-55(52)68)40-48(41-60(62)69)70-47-25-18-24-46(39-47)66-42-67(58-35-17-16-34-57(58)66)63-49(43-20-6-4-7-21-43)29-19-30-50(63)44-22-8-5-9-23-44;/h4-38,40H,1-3H3;/q-2;/i4D,5D,6D,7D,8D,9D,10D,11D,13D,14D,20D,21D,22D,23D,26D,27D,31D,32D;. The maximum atomic E-state index is 9.47. The predicted octanol–water partition coefficient (Wildman–Crippen LogP) is 15.3. The molecule has 0 bridgehead atoms. The molecular weight excluding hydrogens is 1050 g/mol. The van der Waals surface area contributed by atoms with Crippen LogP contribution in [0.15, 0.2) is 218 Å². The second kappa shape index (κ2) is 17.6. The molecule has 0 aliphatic rings. The maximum absolute atomic E-state index is 9.47. The number of ether oxygens (including phenoxy) is 1. The van der Waals surface area contributed by atoms with Crippen molar-refractivity contribution < 1.29 is 55.0 Å². The quantitative estimate of drug-likeness (QED) is 0.112. The summed E-state index contributed by atoms with van der Waals surface area (Å²) in [5.74, 6) is 0.609. The van der Waals surface area contributed by atoms with Crippen LogP contribution in [0.2, 0.25) is 0 Å². The van der Waals surface area contributed by atoms with E-state index >= 15 is 0 Å². The van der Waals surface area contributed by atoms with Crippen LogP contribution in [-0.2, 0) is 26.5 Å². The summed E-state index contributed by atoms with van der Waals surface area (Å²) in [5, 5.41) is 0.857. The number of imidazole rings is 1. The van der Waals surface area contributed by atoms with Crippen molar-refractivity contribution in [3.05, 3.63) is 242 Å². The van der Waals surface area contributed by atoms with Gasteiger partial charge < -0.3 is 18.4 Å². The Labute approximate surface area is 451 Å². The molecule has 13 rings (SSSR count). The number of pyridine rings is 1. The van der Waals surface area contributed by atoms with Gasteiger partial charge in [0.05, 0.1) is 52.4 Å². The second-order valence-corrected chi connectivity index (χ2v) is 17.5. The average Bonchev–Trinajstić information content (AvgIpc) is 1.58. The first-order valence-corrected chi connectivity index (χ1v) is 22.2. The van der Waals surface area contributed by atoms with Gasteiger partial charge in [0.2, 0.25) is 0 Å². The summed E-state index contributed by atoms with van der Waals surface area (Å²) in [6.45, 7) is 6.22. The SMILES string of the molecule is [2H]c1c([2H])c([2H])c(-c2cccc(-c3c([2H])c([2H])c([2H])c([2H])c3[2H])c2-[n+]2[c-]n(-c3[c-]c(Oc4[c-]c5c(c(-n6c7c([2H])c([2H])c([2H])c([2H])c7c7c([2H])c([2H])c([2H])c([2H])c76)c4)c4ccccc4n5-c4cc(C(C)(C)C)ccn4)ccc3)c3ccccc32)c([2H])c1[2H].[Pt]. The molecule has 0 spiro atoms. The number of para-hydroxylation sites is 6. The Kier molecular flexibility index (Phi) is 7.03. The van der Waals surface area contributed by atoms with E-state index in [4.69, 9.17) is 28.9 Å². The van der Waals surface area contributed by atoms with E-state index in [2.05, 4.69) is 39.2 Å². The Morgan fingerprint density at radius 1 is 0.563 bits per heavy atom. The van der Waals surface area contributed by atoms with Crippen molar-refractivity contribution in [3.63, 3.8) is 0 Å². The van der Waals surface area contributed by atoms with Gasteiger partial charge in [-0.1, -0.05) is 189 Å². The van der Waals surface area contributed by atoms with Gasteiger partial charge in [0.1, 0.15) is 5.82 Å². The molecule has 0 saturated carbocycles. The van der Waals surface area contributed by atoms with Crippen molar-refractivity contribution >= 4 is 54.6 Å². The Balaban J connectivity index is 0.00000769. The third kappa shape index (κ3) is 7.46. The van der Waals surface area contributed by atoms with E-state index in [-0.39, 0.29) is 93.4 Å². The molecule has 0 aliphatic heterocycles. The zero-order valence-electron chi connectivity index (χ0n) is 55.9. The predicted molar refractivity (Wildman–Crippen MR) is 284 cm³/mol. The smallest absolute Gasteiger partial charge is 0.268 e. The number of nitrogens with zero attached hydrogens (tertiary/aromatic N) is 5. The fourth-order valence-corrected chi connectivity index (χ4v) is 9.21. The van der Waals surface area contributed by atoms with Crippen molar-refractivity contribution in [2.45, 2.75) is 26.2 Å². The van der Waals surface area contributed by atoms with Crippen LogP contribution in [0.5, 0.6) is 11.5 Å². The van der Waals surface area contributed by atoms with Gasteiger partial charge in [-0.25, -0.2) is 4.98 Å². The Bertz CT molecular complexity index is 5020. The van der Waals surface area contributed by atoms with Crippen molar-refractivity contribution in [1.29, 1.82) is 0 Å². The summed E-state index contributed by atoms with van der Waals surface area (Å²) in [6, 6.07) is 26.0. The van der Waals surface area contributed by atoms with E-state index in [1.54, 1.807) is 59.3 Å². The molecule has 4 aromatic heterocycles. The van der Waals surface area contributed by atoms with Crippen LogP contribution in [-0.4, -0.2) is 18.7 Å². The van der Waals surface area contributed by atoms with Crippen LogP contribution in [0.25, 0.3) is 99.8 Å². The summed E-state index contributed by atoms with van der Waals surface area (Å²) in [6.07, 6.45) is 5.07. The third-order valence-electron chi connectivity index (χ3n) is 12.3. The fraction of sp³-hybridized carbons (Fsp3) is 0.0625. The van der Waals surface area contributed by atoms with E-state index in [0.717, 1.165) is 5.56 Å². The summed E-state index contributed by atoms with van der Waals surface area (Å²) in [5.41, 5.74) is 2.56. The largest absolute Gasteiger partial charge is 0.510 e. The normalized spacial score (nSPS) is 15.3. The Morgan fingerprint density at radius 3 is 1.87 bits per heavy atom. The molecule has 0 unspecified atom stereocenters. The van der Waals surface area contributed by atoms with Crippen molar-refractivity contribution in [2.24, 2.45) is 0 Å². The molecule has 344 valence electrons.